The van der Waals surface area contributed by atoms with Gasteiger partial charge in [-0.25, -0.2) is 9.18 Å². The number of hydrogen-bond donors (Lipinski definition) is 0. The zero-order chi connectivity index (χ0) is 15.7. The van der Waals surface area contributed by atoms with E-state index in [2.05, 4.69) is 0 Å². The summed E-state index contributed by atoms with van der Waals surface area (Å²) >= 11 is 0. The Hall–Kier alpha value is -3.02. The summed E-state index contributed by atoms with van der Waals surface area (Å²) in [5.74, 6) is -2.54. The number of carbonyl (C=O) groups is 3. The molecule has 0 radical (unpaired) electrons. The molecule has 0 atom stereocenters. The molecule has 0 fully saturated rings. The van der Waals surface area contributed by atoms with Crippen LogP contribution in [0.5, 0.6) is 0 Å². The predicted molar refractivity (Wildman–Crippen MR) is 73.1 cm³/mol. The van der Waals surface area contributed by atoms with Crippen molar-refractivity contribution >= 4 is 17.8 Å². The van der Waals surface area contributed by atoms with Crippen LogP contribution >= 0.6 is 0 Å². The molecule has 3 rings (SSSR count). The Morgan fingerprint density at radius 2 is 1.50 bits per heavy atom. The second kappa shape index (κ2) is 5.40. The first-order chi connectivity index (χ1) is 10.6. The number of hydrogen-bond acceptors (Lipinski definition) is 4. The lowest BCUT2D eigenvalue weighted by atomic mass is 10.1. The summed E-state index contributed by atoms with van der Waals surface area (Å²) < 4.78 is 12.8. The van der Waals surface area contributed by atoms with Crippen LogP contribution in [0.25, 0.3) is 0 Å². The van der Waals surface area contributed by atoms with E-state index in [0.717, 1.165) is 0 Å². The highest BCUT2D eigenvalue weighted by atomic mass is 19.1. The van der Waals surface area contributed by atoms with Crippen molar-refractivity contribution in [2.45, 2.75) is 6.42 Å². The molecule has 1 aliphatic heterocycles. The van der Waals surface area contributed by atoms with Crippen LogP contribution in [0.3, 0.4) is 0 Å². The van der Waals surface area contributed by atoms with Crippen LogP contribution in [0, 0.1) is 5.82 Å². The Balaban J connectivity index is 1.71. The highest BCUT2D eigenvalue weighted by Crippen LogP contribution is 2.22. The van der Waals surface area contributed by atoms with E-state index in [9.17, 15) is 18.8 Å². The minimum Gasteiger partial charge on any atom is -0.329 e. The van der Waals surface area contributed by atoms with Crippen molar-refractivity contribution in [3.05, 3.63) is 71.0 Å². The molecule has 110 valence electrons. The maximum Gasteiger partial charge on any atom is 0.337 e. The number of fused-ring (bicyclic) bond motifs is 1. The van der Waals surface area contributed by atoms with Gasteiger partial charge in [-0.3, -0.25) is 9.59 Å². The summed E-state index contributed by atoms with van der Waals surface area (Å²) in [6, 6.07) is 11.5. The number of halogens is 1. The van der Waals surface area contributed by atoms with Gasteiger partial charge in [0.05, 0.1) is 17.5 Å². The molecule has 1 aliphatic rings. The second-order valence-corrected chi connectivity index (χ2v) is 4.72. The van der Waals surface area contributed by atoms with Crippen molar-refractivity contribution in [2.75, 3.05) is 0 Å². The minimum absolute atomic E-state index is 0.173. The molecule has 0 N–H and O–H groups in total. The molecule has 22 heavy (non-hydrogen) atoms. The molecule has 0 aliphatic carbocycles. The highest BCUT2D eigenvalue weighted by Gasteiger charge is 2.38. The first kappa shape index (κ1) is 13.9. The van der Waals surface area contributed by atoms with Gasteiger partial charge in [-0.05, 0) is 29.8 Å². The number of hydroxylamine groups is 2. The summed E-state index contributed by atoms with van der Waals surface area (Å²) in [5.41, 5.74) is 0.909. The lowest BCUT2D eigenvalue weighted by Gasteiger charge is -2.12. The zero-order valence-electron chi connectivity index (χ0n) is 11.3. The third-order valence-corrected chi connectivity index (χ3v) is 3.21. The van der Waals surface area contributed by atoms with E-state index in [1.807, 2.05) is 0 Å². The van der Waals surface area contributed by atoms with Gasteiger partial charge < -0.3 is 4.84 Å². The largest absolute Gasteiger partial charge is 0.337 e. The smallest absolute Gasteiger partial charge is 0.329 e. The molecule has 0 saturated carbocycles. The first-order valence-corrected chi connectivity index (χ1v) is 6.49. The van der Waals surface area contributed by atoms with Crippen LogP contribution in [0.4, 0.5) is 4.39 Å². The molecule has 0 bridgehead atoms. The molecule has 0 spiro atoms. The number of rotatable bonds is 3. The highest BCUT2D eigenvalue weighted by molar-refractivity contribution is 6.20. The lowest BCUT2D eigenvalue weighted by Crippen LogP contribution is -2.33. The standard InChI is InChI=1S/C16H10FNO4/c17-11-7-5-10(6-8-11)9-14(19)22-18-15(20)12-3-1-2-4-13(12)16(18)21/h1-8H,9H2. The fourth-order valence-corrected chi connectivity index (χ4v) is 2.15. The molecule has 2 amide bonds. The van der Waals surface area contributed by atoms with Gasteiger partial charge >= 0.3 is 5.97 Å². The van der Waals surface area contributed by atoms with Gasteiger partial charge in [0.2, 0.25) is 0 Å². The van der Waals surface area contributed by atoms with Gasteiger partial charge in [-0.15, -0.1) is 0 Å². The fourth-order valence-electron chi connectivity index (χ4n) is 2.15. The van der Waals surface area contributed by atoms with E-state index in [4.69, 9.17) is 4.84 Å². The van der Waals surface area contributed by atoms with E-state index in [-0.39, 0.29) is 17.5 Å². The Bertz CT molecular complexity index is 735. The Morgan fingerprint density at radius 1 is 0.955 bits per heavy atom. The summed E-state index contributed by atoms with van der Waals surface area (Å²) in [6.07, 6.45) is -0.173. The molecule has 2 aromatic carbocycles. The van der Waals surface area contributed by atoms with Crippen molar-refractivity contribution in [1.29, 1.82) is 0 Å². The SMILES string of the molecule is O=C(Cc1ccc(F)cc1)ON1C(=O)c2ccccc2C1=O. The average molecular weight is 299 g/mol. The third-order valence-electron chi connectivity index (χ3n) is 3.21. The maximum atomic E-state index is 12.8. The molecule has 1 heterocycles. The number of imide groups is 1. The van der Waals surface area contributed by atoms with Gasteiger partial charge in [-0.1, -0.05) is 29.3 Å². The monoisotopic (exact) mass is 299 g/mol. The maximum absolute atomic E-state index is 12.8. The topological polar surface area (TPSA) is 63.7 Å². The van der Waals surface area contributed by atoms with Crippen LogP contribution in [-0.4, -0.2) is 22.8 Å². The minimum atomic E-state index is -0.777. The van der Waals surface area contributed by atoms with E-state index in [0.29, 0.717) is 10.6 Å². The molecule has 0 saturated heterocycles. The molecule has 5 nitrogen and oxygen atoms in total. The van der Waals surface area contributed by atoms with Crippen molar-refractivity contribution in [3.63, 3.8) is 0 Å². The second-order valence-electron chi connectivity index (χ2n) is 4.72. The van der Waals surface area contributed by atoms with Crippen LogP contribution in [-0.2, 0) is 16.1 Å². The van der Waals surface area contributed by atoms with Gasteiger partial charge in [-0.2, -0.15) is 0 Å². The van der Waals surface area contributed by atoms with E-state index in [1.165, 1.54) is 36.4 Å². The van der Waals surface area contributed by atoms with E-state index in [1.54, 1.807) is 12.1 Å². The number of carbonyl (C=O) groups excluding carboxylic acids is 3. The predicted octanol–water partition coefficient (Wildman–Crippen LogP) is 2.12. The summed E-state index contributed by atoms with van der Waals surface area (Å²) in [7, 11) is 0. The number of benzene rings is 2. The van der Waals surface area contributed by atoms with Crippen molar-refractivity contribution < 1.29 is 23.6 Å². The average Bonchev–Trinajstić information content (AvgIpc) is 2.75. The molecular weight excluding hydrogens is 289 g/mol. The summed E-state index contributed by atoms with van der Waals surface area (Å²) in [4.78, 5) is 40.7. The third kappa shape index (κ3) is 2.46. The van der Waals surface area contributed by atoms with Crippen LogP contribution in [0.1, 0.15) is 26.3 Å². The Kier molecular flexibility index (Phi) is 3.42. The van der Waals surface area contributed by atoms with Crippen molar-refractivity contribution in [2.24, 2.45) is 0 Å². The molecule has 0 unspecified atom stereocenters. The first-order valence-electron chi connectivity index (χ1n) is 6.49. The molecule has 0 aromatic heterocycles. The van der Waals surface area contributed by atoms with E-state index >= 15 is 0 Å². The van der Waals surface area contributed by atoms with Crippen molar-refractivity contribution in [3.8, 4) is 0 Å². The fraction of sp³-hybridized carbons (Fsp3) is 0.0625. The van der Waals surface area contributed by atoms with Crippen LogP contribution < -0.4 is 0 Å². The van der Waals surface area contributed by atoms with Crippen molar-refractivity contribution in [1.82, 2.24) is 5.06 Å². The molecule has 2 aromatic rings. The summed E-state index contributed by atoms with van der Waals surface area (Å²) in [6.45, 7) is 0. The normalized spacial score (nSPS) is 13.2. The number of nitrogens with zero attached hydrogens (tertiary/aromatic N) is 1. The lowest BCUT2D eigenvalue weighted by molar-refractivity contribution is -0.167. The van der Waals surface area contributed by atoms with Gasteiger partial charge in [0, 0.05) is 0 Å². The summed E-state index contributed by atoms with van der Waals surface area (Å²) in [5, 5.41) is 0.455. The Morgan fingerprint density at radius 3 is 2.05 bits per heavy atom. The van der Waals surface area contributed by atoms with E-state index < -0.39 is 23.6 Å². The van der Waals surface area contributed by atoms with Crippen LogP contribution in [0.2, 0.25) is 0 Å². The van der Waals surface area contributed by atoms with Gasteiger partial charge in [0.25, 0.3) is 11.8 Å². The zero-order valence-corrected chi connectivity index (χ0v) is 11.3. The quantitative estimate of drug-likeness (QED) is 0.814. The van der Waals surface area contributed by atoms with Crippen LogP contribution in [0.15, 0.2) is 48.5 Å². The molecule has 6 heteroatoms. The van der Waals surface area contributed by atoms with Gasteiger partial charge in [0.1, 0.15) is 5.82 Å². The number of amides is 2. The molecular formula is C16H10FNO4. The van der Waals surface area contributed by atoms with Gasteiger partial charge in [0.15, 0.2) is 0 Å². The Labute approximate surface area is 124 Å².